The molecule has 0 aliphatic carbocycles. The maximum absolute atomic E-state index is 12.8. The Morgan fingerprint density at radius 1 is 1.19 bits per heavy atom. The molecule has 1 fully saturated rings. The average molecular weight is 369 g/mol. The number of likely N-dealkylation sites (tertiary alicyclic amines) is 1. The van der Waals surface area contributed by atoms with E-state index in [0.29, 0.717) is 11.8 Å². The molecule has 7 heteroatoms. The van der Waals surface area contributed by atoms with Crippen molar-refractivity contribution in [2.45, 2.75) is 45.4 Å². The summed E-state index contributed by atoms with van der Waals surface area (Å²) in [5.74, 6) is 1.74. The molecule has 1 aliphatic rings. The topological polar surface area (TPSA) is 63.4 Å². The van der Waals surface area contributed by atoms with Crippen LogP contribution in [0.1, 0.15) is 65.3 Å². The minimum Gasteiger partial charge on any atom is -0.339 e. The molecule has 1 amide bonds. The third-order valence-corrected chi connectivity index (χ3v) is 6.12. The highest BCUT2D eigenvalue weighted by atomic mass is 32.1. The van der Waals surface area contributed by atoms with Crippen LogP contribution >= 0.6 is 11.3 Å². The van der Waals surface area contributed by atoms with Crippen molar-refractivity contribution in [3.8, 4) is 0 Å². The molecule has 26 heavy (non-hydrogen) atoms. The lowest BCUT2D eigenvalue weighted by Crippen LogP contribution is -2.38. The van der Waals surface area contributed by atoms with Crippen molar-refractivity contribution in [3.63, 3.8) is 0 Å². The van der Waals surface area contributed by atoms with Crippen LogP contribution in [0.25, 0.3) is 4.96 Å². The average Bonchev–Trinajstić information content (AvgIpc) is 3.22. The highest BCUT2D eigenvalue weighted by Crippen LogP contribution is 2.32. The van der Waals surface area contributed by atoms with Crippen LogP contribution in [-0.4, -0.2) is 43.7 Å². The molecule has 0 unspecified atom stereocenters. The summed E-state index contributed by atoms with van der Waals surface area (Å²) < 4.78 is 1.88. The fraction of sp³-hybridized carbons (Fsp3) is 0.474. The monoisotopic (exact) mass is 369 g/mol. The zero-order valence-electron chi connectivity index (χ0n) is 15.3. The number of rotatable bonds is 3. The van der Waals surface area contributed by atoms with E-state index >= 15 is 0 Å². The Hall–Kier alpha value is -2.28. The predicted molar refractivity (Wildman–Crippen MR) is 102 cm³/mol. The Bertz CT molecular complexity index is 936. The van der Waals surface area contributed by atoms with Gasteiger partial charge >= 0.3 is 0 Å². The van der Waals surface area contributed by atoms with Gasteiger partial charge in [0.05, 0.1) is 0 Å². The van der Waals surface area contributed by atoms with Crippen molar-refractivity contribution in [1.82, 2.24) is 24.7 Å². The van der Waals surface area contributed by atoms with Gasteiger partial charge in [0, 0.05) is 30.5 Å². The number of benzene rings is 1. The molecule has 1 aliphatic heterocycles. The van der Waals surface area contributed by atoms with E-state index in [1.165, 1.54) is 0 Å². The van der Waals surface area contributed by atoms with Gasteiger partial charge in [-0.3, -0.25) is 4.79 Å². The Labute approximate surface area is 156 Å². The molecule has 0 radical (unpaired) electrons. The van der Waals surface area contributed by atoms with Gasteiger partial charge in [0.1, 0.15) is 5.01 Å². The summed E-state index contributed by atoms with van der Waals surface area (Å²) in [6.07, 6.45) is 1.89. The van der Waals surface area contributed by atoms with E-state index in [2.05, 4.69) is 24.0 Å². The highest BCUT2D eigenvalue weighted by Gasteiger charge is 2.28. The molecular weight excluding hydrogens is 346 g/mol. The number of carbonyl (C=O) groups excluding carboxylic acids is 1. The van der Waals surface area contributed by atoms with Gasteiger partial charge in [-0.15, -0.1) is 10.2 Å². The number of hydrogen-bond acceptors (Lipinski definition) is 5. The van der Waals surface area contributed by atoms with E-state index in [0.717, 1.165) is 52.9 Å². The SMILES string of the molecule is Cc1ccccc1C(=O)N1CCC(c2nn3c(C(C)C)nnc3s2)CC1. The molecule has 3 aromatic rings. The van der Waals surface area contributed by atoms with E-state index in [1.807, 2.05) is 40.6 Å². The van der Waals surface area contributed by atoms with E-state index in [9.17, 15) is 4.79 Å². The Morgan fingerprint density at radius 2 is 1.92 bits per heavy atom. The van der Waals surface area contributed by atoms with E-state index < -0.39 is 0 Å². The second-order valence-corrected chi connectivity index (χ2v) is 8.22. The number of aryl methyl sites for hydroxylation is 1. The largest absolute Gasteiger partial charge is 0.339 e. The summed E-state index contributed by atoms with van der Waals surface area (Å²) in [4.78, 5) is 15.6. The maximum atomic E-state index is 12.8. The third kappa shape index (κ3) is 3.00. The molecule has 6 nitrogen and oxygen atoms in total. The van der Waals surface area contributed by atoms with E-state index in [-0.39, 0.29) is 5.91 Å². The number of amides is 1. The molecule has 2 aromatic heterocycles. The number of nitrogens with zero attached hydrogens (tertiary/aromatic N) is 5. The third-order valence-electron chi connectivity index (χ3n) is 5.05. The highest BCUT2D eigenvalue weighted by molar-refractivity contribution is 7.16. The van der Waals surface area contributed by atoms with Crippen LogP contribution < -0.4 is 0 Å². The zero-order chi connectivity index (χ0) is 18.3. The number of hydrogen-bond donors (Lipinski definition) is 0. The lowest BCUT2D eigenvalue weighted by molar-refractivity contribution is 0.0712. The van der Waals surface area contributed by atoms with Gasteiger partial charge in [0.15, 0.2) is 5.82 Å². The lowest BCUT2D eigenvalue weighted by atomic mass is 9.96. The van der Waals surface area contributed by atoms with Crippen molar-refractivity contribution < 1.29 is 4.79 Å². The summed E-state index contributed by atoms with van der Waals surface area (Å²) >= 11 is 1.63. The van der Waals surface area contributed by atoms with Gasteiger partial charge in [-0.05, 0) is 31.4 Å². The molecule has 3 heterocycles. The fourth-order valence-corrected chi connectivity index (χ4v) is 4.50. The van der Waals surface area contributed by atoms with Crippen LogP contribution in [-0.2, 0) is 0 Å². The molecule has 0 N–H and O–H groups in total. The van der Waals surface area contributed by atoms with Crippen LogP contribution in [0.15, 0.2) is 24.3 Å². The number of piperidine rings is 1. The number of aromatic nitrogens is 4. The summed E-state index contributed by atoms with van der Waals surface area (Å²) in [7, 11) is 0. The quantitative estimate of drug-likeness (QED) is 0.707. The summed E-state index contributed by atoms with van der Waals surface area (Å²) in [6, 6.07) is 7.81. The molecule has 1 saturated heterocycles. The Morgan fingerprint density at radius 3 is 2.62 bits per heavy atom. The van der Waals surface area contributed by atoms with Gasteiger partial charge in [-0.25, -0.2) is 0 Å². The van der Waals surface area contributed by atoms with Crippen molar-refractivity contribution in [2.24, 2.45) is 0 Å². The summed E-state index contributed by atoms with van der Waals surface area (Å²) in [6.45, 7) is 7.74. The number of carbonyl (C=O) groups is 1. The molecule has 1 aromatic carbocycles. The van der Waals surface area contributed by atoms with Gasteiger partial charge in [-0.2, -0.15) is 9.61 Å². The molecule has 0 saturated carbocycles. The standard InChI is InChI=1S/C19H23N5OS/c1-12(2)16-20-21-19-24(16)22-17(26-19)14-8-10-23(11-9-14)18(25)15-7-5-4-6-13(15)3/h4-7,12,14H,8-11H2,1-3H3. The predicted octanol–water partition coefficient (Wildman–Crippen LogP) is 3.64. The van der Waals surface area contributed by atoms with Crippen LogP contribution in [0.2, 0.25) is 0 Å². The van der Waals surface area contributed by atoms with Crippen LogP contribution in [0.4, 0.5) is 0 Å². The lowest BCUT2D eigenvalue weighted by Gasteiger charge is -2.31. The smallest absolute Gasteiger partial charge is 0.254 e. The summed E-state index contributed by atoms with van der Waals surface area (Å²) in [5, 5.41) is 14.4. The normalized spacial score (nSPS) is 15.9. The van der Waals surface area contributed by atoms with E-state index in [1.54, 1.807) is 11.3 Å². The number of fused-ring (bicyclic) bond motifs is 1. The minimum atomic E-state index is 0.141. The van der Waals surface area contributed by atoms with Gasteiger partial charge in [0.2, 0.25) is 4.96 Å². The molecule has 0 spiro atoms. The van der Waals surface area contributed by atoms with Crippen molar-refractivity contribution >= 4 is 22.2 Å². The second-order valence-electron chi connectivity index (χ2n) is 7.23. The Balaban J connectivity index is 1.47. The van der Waals surface area contributed by atoms with Crippen LogP contribution in [0.5, 0.6) is 0 Å². The van der Waals surface area contributed by atoms with E-state index in [4.69, 9.17) is 5.10 Å². The summed E-state index contributed by atoms with van der Waals surface area (Å²) in [5.41, 5.74) is 1.85. The van der Waals surface area contributed by atoms with Gasteiger partial charge < -0.3 is 4.90 Å². The van der Waals surface area contributed by atoms with Gasteiger partial charge in [-0.1, -0.05) is 43.4 Å². The van der Waals surface area contributed by atoms with Crippen LogP contribution in [0.3, 0.4) is 0 Å². The molecule has 136 valence electrons. The molecule has 0 bridgehead atoms. The fourth-order valence-electron chi connectivity index (χ4n) is 3.48. The van der Waals surface area contributed by atoms with Crippen molar-refractivity contribution in [1.29, 1.82) is 0 Å². The molecule has 0 atom stereocenters. The Kier molecular flexibility index (Phi) is 4.48. The van der Waals surface area contributed by atoms with Gasteiger partial charge in [0.25, 0.3) is 5.91 Å². The molecular formula is C19H23N5OS. The zero-order valence-corrected chi connectivity index (χ0v) is 16.2. The first-order chi connectivity index (χ1) is 12.5. The molecule has 4 rings (SSSR count). The van der Waals surface area contributed by atoms with Crippen LogP contribution in [0, 0.1) is 6.92 Å². The first-order valence-electron chi connectivity index (χ1n) is 9.11. The maximum Gasteiger partial charge on any atom is 0.254 e. The first kappa shape index (κ1) is 17.1. The van der Waals surface area contributed by atoms with Crippen molar-refractivity contribution in [3.05, 3.63) is 46.2 Å². The van der Waals surface area contributed by atoms with Crippen molar-refractivity contribution in [2.75, 3.05) is 13.1 Å². The minimum absolute atomic E-state index is 0.141. The second kappa shape index (κ2) is 6.79. The first-order valence-corrected chi connectivity index (χ1v) is 9.93.